The molecule has 0 spiro atoms. The van der Waals surface area contributed by atoms with Gasteiger partial charge in [0.1, 0.15) is 0 Å². The average molecular weight is 835 g/mol. The lowest BCUT2D eigenvalue weighted by Crippen LogP contribution is -2.75. The van der Waals surface area contributed by atoms with Crippen LogP contribution in [0.25, 0.3) is 49.7 Å². The largest absolute Gasteiger partial charge is 0.309 e. The van der Waals surface area contributed by atoms with Gasteiger partial charge in [-0.3, -0.25) is 0 Å². The molecule has 14 rings (SSSR count). The maximum Gasteiger partial charge on any atom is 0.179 e. The lowest BCUT2D eigenvalue weighted by atomic mass is 9.60. The quantitative estimate of drug-likeness (QED) is 0.111. The number of hydrogen-bond donors (Lipinski definition) is 0. The van der Waals surface area contributed by atoms with Crippen molar-refractivity contribution in [2.45, 2.75) is 11.8 Å². The van der Waals surface area contributed by atoms with Crippen LogP contribution in [-0.4, -0.2) is 12.6 Å². The molecule has 0 amide bonds. The molecule has 11 aromatic rings. The first-order chi connectivity index (χ1) is 33.9. The van der Waals surface area contributed by atoms with Crippen molar-refractivity contribution < 1.29 is 6.85 Å². The zero-order valence-corrected chi connectivity index (χ0v) is 35.9. The van der Waals surface area contributed by atoms with Crippen molar-refractivity contribution in [3.8, 4) is 27.9 Å². The van der Waals surface area contributed by atoms with Crippen LogP contribution in [0.4, 0.5) is 0 Å². The molecule has 1 aromatic heterocycles. The molecule has 0 radical (unpaired) electrons. The van der Waals surface area contributed by atoms with Crippen molar-refractivity contribution in [3.05, 3.63) is 282 Å². The van der Waals surface area contributed by atoms with E-state index in [4.69, 9.17) is 6.85 Å². The van der Waals surface area contributed by atoms with Crippen LogP contribution in [0.2, 0.25) is 0 Å². The van der Waals surface area contributed by atoms with Crippen molar-refractivity contribution >= 4 is 50.6 Å². The van der Waals surface area contributed by atoms with Crippen LogP contribution in [0.15, 0.2) is 249 Å². The van der Waals surface area contributed by atoms with Crippen LogP contribution in [0, 0.1) is 0 Å². The minimum Gasteiger partial charge on any atom is -0.309 e. The van der Waals surface area contributed by atoms with Gasteiger partial charge in [0, 0.05) is 28.3 Å². The zero-order valence-electron chi connectivity index (χ0n) is 39.9. The Labute approximate surface area is 382 Å². The molecular weight excluding hydrogens is 787 g/mol. The summed E-state index contributed by atoms with van der Waals surface area (Å²) in [5.41, 5.74) is 14.8. The molecule has 0 saturated carbocycles. The number of para-hydroxylation sites is 2. The molecule has 1 heterocycles. The second-order valence-corrected chi connectivity index (χ2v) is 20.9. The third-order valence-electron chi connectivity index (χ3n) is 14.0. The molecule has 64 heavy (non-hydrogen) atoms. The molecule has 300 valence electrons. The Balaban J connectivity index is 1.07. The van der Waals surface area contributed by atoms with E-state index in [1.807, 2.05) is 12.1 Å². The molecular formula is C62H43NSi. The molecule has 2 heteroatoms. The van der Waals surface area contributed by atoms with Gasteiger partial charge < -0.3 is 4.57 Å². The number of aromatic nitrogens is 1. The highest BCUT2D eigenvalue weighted by atomic mass is 28.3. The molecule has 0 aliphatic heterocycles. The first-order valence-electron chi connectivity index (χ1n) is 24.6. The van der Waals surface area contributed by atoms with Crippen molar-refractivity contribution in [3.63, 3.8) is 0 Å². The van der Waals surface area contributed by atoms with Crippen LogP contribution >= 0.6 is 0 Å². The van der Waals surface area contributed by atoms with Crippen molar-refractivity contribution in [2.24, 2.45) is 0 Å². The van der Waals surface area contributed by atoms with Crippen LogP contribution < -0.4 is 20.7 Å². The Kier molecular flexibility index (Phi) is 7.32. The van der Waals surface area contributed by atoms with E-state index in [0.717, 1.165) is 10.9 Å². The molecule has 3 aliphatic carbocycles. The lowest BCUT2D eigenvalue weighted by molar-refractivity contribution is 0.760. The van der Waals surface area contributed by atoms with E-state index in [0.29, 0.717) is 5.56 Å². The summed E-state index contributed by atoms with van der Waals surface area (Å²) >= 11 is 0. The highest BCUT2D eigenvalue weighted by Gasteiger charge is 2.49. The molecule has 1 nitrogen and oxygen atoms in total. The second-order valence-electron chi connectivity index (χ2n) is 17.1. The highest BCUT2D eigenvalue weighted by Crippen LogP contribution is 2.57. The summed E-state index contributed by atoms with van der Waals surface area (Å²) in [5, 5.41) is 7.39. The fourth-order valence-corrected chi connectivity index (χ4v) is 16.5. The third-order valence-corrected chi connectivity index (χ3v) is 18.9. The number of rotatable bonds is 7. The Morgan fingerprint density at radius 2 is 0.922 bits per heavy atom. The maximum absolute atomic E-state index is 8.85. The smallest absolute Gasteiger partial charge is 0.179 e. The fourth-order valence-electron chi connectivity index (χ4n) is 11.5. The van der Waals surface area contributed by atoms with Gasteiger partial charge in [-0.1, -0.05) is 218 Å². The maximum atomic E-state index is 8.85. The molecule has 2 unspecified atom stereocenters. The van der Waals surface area contributed by atoms with Crippen molar-refractivity contribution in [1.29, 1.82) is 0 Å². The van der Waals surface area contributed by atoms with E-state index in [2.05, 4.69) is 211 Å². The number of fused-ring (bicyclic) bond motifs is 3. The third kappa shape index (κ3) is 5.36. The first kappa shape index (κ1) is 32.0. The standard InChI is InChI=1S/C62H43NSi/c1-5-19-42(20-6-1)43-35-38-48(39-36-43)64(46-23-9-3-10-24-46,47-25-11-4-12-26-47)58-34-18-32-54-59-51-28-13-14-29-52(51)62(61(54)58)60-49(30-17-31-53(59)60)44-37-40-57-55(41-44)50-27-15-16-33-56(50)63(57)45-21-7-2-8-22-45/h1-41,59,62H/i1D,5D,6D,19D,20D. The first-order valence-corrected chi connectivity index (χ1v) is 24.1. The van der Waals surface area contributed by atoms with Gasteiger partial charge in [-0.15, -0.1) is 0 Å². The van der Waals surface area contributed by atoms with Gasteiger partial charge in [-0.05, 0) is 107 Å². The topological polar surface area (TPSA) is 4.93 Å². The lowest BCUT2D eigenvalue weighted by Gasteiger charge is -2.47. The van der Waals surface area contributed by atoms with Crippen molar-refractivity contribution in [1.82, 2.24) is 4.57 Å². The van der Waals surface area contributed by atoms with Gasteiger partial charge in [0.2, 0.25) is 0 Å². The normalized spacial score (nSPS) is 16.0. The van der Waals surface area contributed by atoms with Crippen LogP contribution in [0.5, 0.6) is 0 Å². The summed E-state index contributed by atoms with van der Waals surface area (Å²) in [6.07, 6.45) is 0. The summed E-state index contributed by atoms with van der Waals surface area (Å²) < 4.78 is 45.3. The molecule has 0 fully saturated rings. The highest BCUT2D eigenvalue weighted by molar-refractivity contribution is 7.20. The number of hydrogen-bond acceptors (Lipinski definition) is 0. The Bertz CT molecular complexity index is 3780. The second kappa shape index (κ2) is 14.7. The molecule has 0 N–H and O–H groups in total. The molecule has 0 saturated heterocycles. The summed E-state index contributed by atoms with van der Waals surface area (Å²) in [5.74, 6) is -0.0563. The van der Waals surface area contributed by atoms with Crippen LogP contribution in [0.3, 0.4) is 0 Å². The van der Waals surface area contributed by atoms with Gasteiger partial charge in [-0.25, -0.2) is 0 Å². The average Bonchev–Trinajstić information content (AvgIpc) is 3.74. The van der Waals surface area contributed by atoms with E-state index >= 15 is 0 Å². The molecule has 10 aromatic carbocycles. The van der Waals surface area contributed by atoms with Gasteiger partial charge >= 0.3 is 0 Å². The van der Waals surface area contributed by atoms with Crippen LogP contribution in [-0.2, 0) is 0 Å². The predicted molar refractivity (Wildman–Crippen MR) is 270 cm³/mol. The Hall–Kier alpha value is -7.78. The number of benzene rings is 10. The molecule has 2 atom stereocenters. The van der Waals surface area contributed by atoms with E-state index in [-0.39, 0.29) is 41.6 Å². The van der Waals surface area contributed by atoms with Crippen LogP contribution in [0.1, 0.15) is 52.1 Å². The number of nitrogens with zero attached hydrogens (tertiary/aromatic N) is 1. The summed E-state index contributed by atoms with van der Waals surface area (Å²) in [4.78, 5) is 0. The molecule has 2 bridgehead atoms. The monoisotopic (exact) mass is 834 g/mol. The minimum absolute atomic E-state index is 0.0181. The summed E-state index contributed by atoms with van der Waals surface area (Å²) in [6.45, 7) is 0. The van der Waals surface area contributed by atoms with Gasteiger partial charge in [0.25, 0.3) is 0 Å². The van der Waals surface area contributed by atoms with E-state index < -0.39 is 14.1 Å². The van der Waals surface area contributed by atoms with E-state index in [1.54, 1.807) is 0 Å². The fraction of sp³-hybridized carbons (Fsp3) is 0.0323. The SMILES string of the molecule is [2H]c1c([2H])c([2H])c(-c2ccc([Si](c3ccccc3)(c3ccccc3)c3cccc4c3C3c5ccccc5C4c4cccc(-c5ccc6c(c5)c5ccccc5n6-c5ccccc5)c43)cc2)c([2H])c1[2H]. The predicted octanol–water partition coefficient (Wildman–Crippen LogP) is 12.5. The Morgan fingerprint density at radius 1 is 0.375 bits per heavy atom. The van der Waals surface area contributed by atoms with Gasteiger partial charge in [-0.2, -0.15) is 0 Å². The van der Waals surface area contributed by atoms with E-state index in [9.17, 15) is 0 Å². The summed E-state index contributed by atoms with van der Waals surface area (Å²) in [6, 6.07) is 78.2. The van der Waals surface area contributed by atoms with Gasteiger partial charge in [0.15, 0.2) is 8.07 Å². The molecule has 3 aliphatic rings. The van der Waals surface area contributed by atoms with Crippen molar-refractivity contribution in [2.75, 3.05) is 0 Å². The Morgan fingerprint density at radius 3 is 1.64 bits per heavy atom. The summed E-state index contributed by atoms with van der Waals surface area (Å²) in [7, 11) is -3.23. The minimum atomic E-state index is -3.23. The zero-order chi connectivity index (χ0) is 46.5. The van der Waals surface area contributed by atoms with Gasteiger partial charge in [0.05, 0.1) is 17.9 Å². The van der Waals surface area contributed by atoms with E-state index in [1.165, 1.54) is 81.9 Å².